The highest BCUT2D eigenvalue weighted by molar-refractivity contribution is 4.99. The second-order valence-corrected chi connectivity index (χ2v) is 2.88. The summed E-state index contributed by atoms with van der Waals surface area (Å²) in [6.07, 6.45) is 7.63. The van der Waals surface area contributed by atoms with Crippen molar-refractivity contribution in [2.45, 2.75) is 32.7 Å². The first kappa shape index (κ1) is 11.5. The van der Waals surface area contributed by atoms with Crippen molar-refractivity contribution in [2.24, 2.45) is 0 Å². The predicted molar refractivity (Wildman–Crippen MR) is 54.1 cm³/mol. The highest BCUT2D eigenvalue weighted by Gasteiger charge is 2.00. The summed E-state index contributed by atoms with van der Waals surface area (Å²) in [6, 6.07) is 0.191. The zero-order valence-electron chi connectivity index (χ0n) is 8.19. The first-order valence-electron chi connectivity index (χ1n) is 4.75. The van der Waals surface area contributed by atoms with Crippen molar-refractivity contribution in [1.29, 1.82) is 0 Å². The van der Waals surface area contributed by atoms with Crippen LogP contribution in [0.4, 0.5) is 0 Å². The van der Waals surface area contributed by atoms with E-state index in [0.717, 1.165) is 32.5 Å². The van der Waals surface area contributed by atoms with Crippen LogP contribution in [0.25, 0.3) is 0 Å². The molecule has 2 nitrogen and oxygen atoms in total. The molecule has 0 saturated carbocycles. The van der Waals surface area contributed by atoms with E-state index in [-0.39, 0.29) is 6.04 Å². The number of terminal acetylenes is 1. The largest absolute Gasteiger partial charge is 0.314 e. The van der Waals surface area contributed by atoms with Gasteiger partial charge in [-0.15, -0.1) is 6.42 Å². The molecule has 0 saturated heterocycles. The lowest BCUT2D eigenvalue weighted by Crippen LogP contribution is -2.38. The molecule has 0 aliphatic heterocycles. The number of hydrogen-bond donors (Lipinski definition) is 2. The molecular formula is C10H20N2. The first-order chi connectivity index (χ1) is 5.85. The lowest BCUT2D eigenvalue weighted by molar-refractivity contribution is 0.545. The fourth-order valence-electron chi connectivity index (χ4n) is 0.932. The maximum atomic E-state index is 5.34. The molecule has 0 spiro atoms. The SMILES string of the molecule is C#CC(CNCCC)NCCC. The van der Waals surface area contributed by atoms with E-state index in [9.17, 15) is 0 Å². The molecule has 0 aliphatic carbocycles. The smallest absolute Gasteiger partial charge is 0.0813 e. The Morgan fingerprint density at radius 1 is 1.25 bits per heavy atom. The molecule has 0 aromatic carbocycles. The lowest BCUT2D eigenvalue weighted by atomic mass is 10.3. The molecule has 0 radical (unpaired) electrons. The van der Waals surface area contributed by atoms with Crippen LogP contribution in [0.15, 0.2) is 0 Å². The van der Waals surface area contributed by atoms with E-state index in [1.807, 2.05) is 0 Å². The van der Waals surface area contributed by atoms with Crippen molar-refractivity contribution in [3.63, 3.8) is 0 Å². The van der Waals surface area contributed by atoms with E-state index in [1.54, 1.807) is 0 Å². The molecule has 0 rings (SSSR count). The van der Waals surface area contributed by atoms with Gasteiger partial charge in [-0.05, 0) is 25.9 Å². The Labute approximate surface area is 76.1 Å². The number of nitrogens with one attached hydrogen (secondary N) is 2. The molecule has 0 fully saturated rings. The molecule has 2 N–H and O–H groups in total. The van der Waals surface area contributed by atoms with Gasteiger partial charge in [0, 0.05) is 6.54 Å². The van der Waals surface area contributed by atoms with E-state index >= 15 is 0 Å². The van der Waals surface area contributed by atoms with Crippen molar-refractivity contribution in [1.82, 2.24) is 10.6 Å². The van der Waals surface area contributed by atoms with Gasteiger partial charge in [0.15, 0.2) is 0 Å². The lowest BCUT2D eigenvalue weighted by Gasteiger charge is -2.12. The van der Waals surface area contributed by atoms with Crippen molar-refractivity contribution < 1.29 is 0 Å². The second kappa shape index (κ2) is 8.58. The van der Waals surface area contributed by atoms with Crippen LogP contribution in [-0.2, 0) is 0 Å². The van der Waals surface area contributed by atoms with E-state index in [1.165, 1.54) is 0 Å². The van der Waals surface area contributed by atoms with Gasteiger partial charge in [0.2, 0.25) is 0 Å². The molecule has 0 aromatic rings. The fourth-order valence-corrected chi connectivity index (χ4v) is 0.932. The Morgan fingerprint density at radius 2 is 1.92 bits per heavy atom. The molecule has 0 heterocycles. The Bertz CT molecular complexity index is 126. The average Bonchev–Trinajstić information content (AvgIpc) is 2.11. The monoisotopic (exact) mass is 168 g/mol. The van der Waals surface area contributed by atoms with Crippen LogP contribution >= 0.6 is 0 Å². The molecule has 0 aromatic heterocycles. The van der Waals surface area contributed by atoms with Gasteiger partial charge >= 0.3 is 0 Å². The zero-order valence-corrected chi connectivity index (χ0v) is 8.19. The third-order valence-corrected chi connectivity index (χ3v) is 1.62. The summed E-state index contributed by atoms with van der Waals surface area (Å²) in [5.41, 5.74) is 0. The zero-order chi connectivity index (χ0) is 9.23. The summed E-state index contributed by atoms with van der Waals surface area (Å²) in [5.74, 6) is 2.72. The maximum absolute atomic E-state index is 5.34. The van der Waals surface area contributed by atoms with Crippen molar-refractivity contribution >= 4 is 0 Å². The first-order valence-corrected chi connectivity index (χ1v) is 4.75. The quantitative estimate of drug-likeness (QED) is 0.437. The molecule has 0 aliphatic rings. The summed E-state index contributed by atoms with van der Waals surface area (Å²) in [7, 11) is 0. The van der Waals surface area contributed by atoms with Crippen molar-refractivity contribution in [3.8, 4) is 12.3 Å². The van der Waals surface area contributed by atoms with Crippen molar-refractivity contribution in [2.75, 3.05) is 19.6 Å². The minimum absolute atomic E-state index is 0.191. The van der Waals surface area contributed by atoms with Gasteiger partial charge in [-0.1, -0.05) is 19.8 Å². The van der Waals surface area contributed by atoms with Gasteiger partial charge in [-0.3, -0.25) is 0 Å². The molecule has 0 bridgehead atoms. The summed E-state index contributed by atoms with van der Waals surface area (Å²) in [6.45, 7) is 7.22. The molecule has 0 amide bonds. The summed E-state index contributed by atoms with van der Waals surface area (Å²) in [5, 5.41) is 6.57. The van der Waals surface area contributed by atoms with Gasteiger partial charge < -0.3 is 10.6 Å². The normalized spacial score (nSPS) is 12.4. The van der Waals surface area contributed by atoms with E-state index in [0.29, 0.717) is 0 Å². The molecule has 1 unspecified atom stereocenters. The van der Waals surface area contributed by atoms with Gasteiger partial charge in [0.25, 0.3) is 0 Å². The molecular weight excluding hydrogens is 148 g/mol. The van der Waals surface area contributed by atoms with Gasteiger partial charge in [0.05, 0.1) is 6.04 Å². The van der Waals surface area contributed by atoms with Crippen LogP contribution in [0.3, 0.4) is 0 Å². The Kier molecular flexibility index (Phi) is 8.20. The standard InChI is InChI=1S/C10H20N2/c1-4-7-11-9-10(6-3)12-8-5-2/h3,10-12H,4-5,7-9H2,1-2H3. The van der Waals surface area contributed by atoms with Crippen LogP contribution in [0.5, 0.6) is 0 Å². The minimum Gasteiger partial charge on any atom is -0.314 e. The summed E-state index contributed by atoms with van der Waals surface area (Å²) in [4.78, 5) is 0. The summed E-state index contributed by atoms with van der Waals surface area (Å²) >= 11 is 0. The minimum atomic E-state index is 0.191. The van der Waals surface area contributed by atoms with Crippen LogP contribution < -0.4 is 10.6 Å². The summed E-state index contributed by atoms with van der Waals surface area (Å²) < 4.78 is 0. The molecule has 2 heteroatoms. The molecule has 12 heavy (non-hydrogen) atoms. The predicted octanol–water partition coefficient (Wildman–Crippen LogP) is 0.987. The van der Waals surface area contributed by atoms with Crippen molar-refractivity contribution in [3.05, 3.63) is 0 Å². The Morgan fingerprint density at radius 3 is 2.42 bits per heavy atom. The van der Waals surface area contributed by atoms with Gasteiger partial charge in [0.1, 0.15) is 0 Å². The topological polar surface area (TPSA) is 24.1 Å². The Hall–Kier alpha value is -0.520. The maximum Gasteiger partial charge on any atom is 0.0813 e. The van der Waals surface area contributed by atoms with E-state index < -0.39 is 0 Å². The van der Waals surface area contributed by atoms with Crippen LogP contribution in [0.2, 0.25) is 0 Å². The van der Waals surface area contributed by atoms with Gasteiger partial charge in [-0.2, -0.15) is 0 Å². The highest BCUT2D eigenvalue weighted by atomic mass is 15.0. The van der Waals surface area contributed by atoms with E-state index in [2.05, 4.69) is 30.4 Å². The van der Waals surface area contributed by atoms with Gasteiger partial charge in [-0.25, -0.2) is 0 Å². The number of rotatable bonds is 7. The van der Waals surface area contributed by atoms with Crippen LogP contribution in [0, 0.1) is 12.3 Å². The highest BCUT2D eigenvalue weighted by Crippen LogP contribution is 1.80. The molecule has 1 atom stereocenters. The number of hydrogen-bond acceptors (Lipinski definition) is 2. The molecule has 70 valence electrons. The second-order valence-electron chi connectivity index (χ2n) is 2.88. The Balaban J connectivity index is 3.35. The average molecular weight is 168 g/mol. The third kappa shape index (κ3) is 6.21. The fraction of sp³-hybridized carbons (Fsp3) is 0.800. The third-order valence-electron chi connectivity index (χ3n) is 1.62. The van der Waals surface area contributed by atoms with Crippen LogP contribution in [-0.4, -0.2) is 25.7 Å². The van der Waals surface area contributed by atoms with Crippen LogP contribution in [0.1, 0.15) is 26.7 Å². The van der Waals surface area contributed by atoms with E-state index in [4.69, 9.17) is 6.42 Å².